The van der Waals surface area contributed by atoms with Crippen molar-refractivity contribution in [1.82, 2.24) is 24.5 Å². The average molecular weight is 522 g/mol. The summed E-state index contributed by atoms with van der Waals surface area (Å²) in [5.74, 6) is 0.982. The summed E-state index contributed by atoms with van der Waals surface area (Å²) in [7, 11) is 0. The molecule has 0 atom stereocenters. The van der Waals surface area contributed by atoms with Crippen molar-refractivity contribution in [1.29, 1.82) is 0 Å². The Labute approximate surface area is 217 Å². The van der Waals surface area contributed by atoms with Gasteiger partial charge in [-0.2, -0.15) is 9.61 Å². The largest absolute Gasteiger partial charge is 0.494 e. The Morgan fingerprint density at radius 1 is 1.19 bits per heavy atom. The highest BCUT2D eigenvalue weighted by atomic mass is 35.5. The maximum atomic E-state index is 10.0. The predicted octanol–water partition coefficient (Wildman–Crippen LogP) is 2.95. The second kappa shape index (κ2) is 9.95. The average Bonchev–Trinajstić information content (AvgIpc) is 3.22. The zero-order valence-corrected chi connectivity index (χ0v) is 20.9. The van der Waals surface area contributed by atoms with Gasteiger partial charge in [0.25, 0.3) is 0 Å². The molecule has 11 heteroatoms. The molecule has 3 aromatic heterocycles. The summed E-state index contributed by atoms with van der Waals surface area (Å²) in [6.45, 7) is 3.78. The highest BCUT2D eigenvalue weighted by molar-refractivity contribution is 6.32. The lowest BCUT2D eigenvalue weighted by Gasteiger charge is -2.16. The molecule has 2 aliphatic rings. The molecule has 2 fully saturated rings. The van der Waals surface area contributed by atoms with Crippen molar-refractivity contribution in [3.05, 3.63) is 57.8 Å². The van der Waals surface area contributed by atoms with Gasteiger partial charge in [0.1, 0.15) is 18.2 Å². The van der Waals surface area contributed by atoms with Crippen molar-refractivity contribution in [2.24, 2.45) is 4.99 Å². The van der Waals surface area contributed by atoms with Crippen LogP contribution in [0.2, 0.25) is 5.02 Å². The van der Waals surface area contributed by atoms with Crippen LogP contribution < -0.4 is 20.8 Å². The molecule has 10 nitrogen and oxygen atoms in total. The van der Waals surface area contributed by atoms with Crippen molar-refractivity contribution in [3.8, 4) is 17.5 Å². The number of nitrogens with zero attached hydrogens (tertiary/aromatic N) is 5. The number of nitrogens with one attached hydrogen (secondary N) is 2. The van der Waals surface area contributed by atoms with E-state index in [9.17, 15) is 10.2 Å². The number of H-pyrrole nitrogens is 1. The van der Waals surface area contributed by atoms with Gasteiger partial charge in [-0.3, -0.25) is 14.9 Å². The summed E-state index contributed by atoms with van der Waals surface area (Å²) < 4.78 is 7.60. The number of ether oxygens (including phenoxy) is 1. The van der Waals surface area contributed by atoms with E-state index in [2.05, 4.69) is 20.3 Å². The van der Waals surface area contributed by atoms with Crippen molar-refractivity contribution in [2.45, 2.75) is 31.7 Å². The van der Waals surface area contributed by atoms with E-state index < -0.39 is 0 Å². The third-order valence-electron chi connectivity index (χ3n) is 6.53. The molecule has 1 saturated carbocycles. The lowest BCUT2D eigenvalue weighted by atomic mass is 10.2. The Hall–Kier alpha value is -3.76. The van der Waals surface area contributed by atoms with Crippen LogP contribution >= 0.6 is 11.6 Å². The van der Waals surface area contributed by atoms with Crippen molar-refractivity contribution in [3.63, 3.8) is 0 Å². The minimum atomic E-state index is -0.133. The normalized spacial score (nSPS) is 17.2. The van der Waals surface area contributed by atoms with Gasteiger partial charge in [0.05, 0.1) is 17.3 Å². The maximum Gasteiger partial charge on any atom is 0.198 e. The number of likely N-dealkylation sites (tertiary alicyclic amines) is 1. The van der Waals surface area contributed by atoms with Crippen LogP contribution in [-0.4, -0.2) is 67.0 Å². The molecule has 6 rings (SSSR count). The Morgan fingerprint density at radius 3 is 2.76 bits per heavy atom. The first-order valence-corrected chi connectivity index (χ1v) is 12.9. The molecule has 4 aromatic rings. The zero-order valence-electron chi connectivity index (χ0n) is 20.2. The fourth-order valence-electron chi connectivity index (χ4n) is 4.47. The molecule has 0 amide bonds. The SMILES string of the molecule is Oc1cc(C=c2cnn3c(=NC4CC4)cc(Nc4ccc(OCCN5CCCC5)c(Cl)c4)nc23)c(O)[nH]1. The molecule has 0 radical (unpaired) electrons. The first-order valence-electron chi connectivity index (χ1n) is 12.5. The third-order valence-corrected chi connectivity index (χ3v) is 6.83. The molecule has 0 spiro atoms. The summed E-state index contributed by atoms with van der Waals surface area (Å²) in [4.78, 5) is 14.4. The highest BCUT2D eigenvalue weighted by Gasteiger charge is 2.20. The van der Waals surface area contributed by atoms with Crippen LogP contribution in [0.25, 0.3) is 11.7 Å². The molecule has 1 saturated heterocycles. The topological polar surface area (TPSA) is 123 Å². The van der Waals surface area contributed by atoms with Crippen molar-refractivity contribution in [2.75, 3.05) is 31.6 Å². The van der Waals surface area contributed by atoms with E-state index in [4.69, 9.17) is 26.3 Å². The number of aromatic hydroxyl groups is 2. The minimum Gasteiger partial charge on any atom is -0.494 e. The quantitative estimate of drug-likeness (QED) is 0.281. The monoisotopic (exact) mass is 521 g/mol. The lowest BCUT2D eigenvalue weighted by Crippen LogP contribution is -2.25. The van der Waals surface area contributed by atoms with E-state index in [0.717, 1.165) is 38.2 Å². The molecular formula is C26H28ClN7O3. The predicted molar refractivity (Wildman–Crippen MR) is 140 cm³/mol. The molecule has 1 aromatic carbocycles. The van der Waals surface area contributed by atoms with Crippen molar-refractivity contribution >= 4 is 34.8 Å². The number of aromatic nitrogens is 4. The molecular weight excluding hydrogens is 494 g/mol. The number of halogens is 1. The molecule has 1 aliphatic heterocycles. The highest BCUT2D eigenvalue weighted by Crippen LogP contribution is 2.29. The fourth-order valence-corrected chi connectivity index (χ4v) is 4.70. The summed E-state index contributed by atoms with van der Waals surface area (Å²) in [5, 5.41) is 28.7. The first-order chi connectivity index (χ1) is 18.0. The van der Waals surface area contributed by atoms with E-state index in [1.165, 1.54) is 18.9 Å². The van der Waals surface area contributed by atoms with Crippen LogP contribution in [0.5, 0.6) is 17.5 Å². The van der Waals surface area contributed by atoms with Gasteiger partial charge in [0, 0.05) is 35.1 Å². The van der Waals surface area contributed by atoms with Crippen LogP contribution in [0, 0.1) is 0 Å². The molecule has 4 N–H and O–H groups in total. The van der Waals surface area contributed by atoms with Gasteiger partial charge < -0.3 is 20.3 Å². The molecule has 1 aliphatic carbocycles. The van der Waals surface area contributed by atoms with Crippen LogP contribution in [-0.2, 0) is 0 Å². The van der Waals surface area contributed by atoms with Gasteiger partial charge in [0.2, 0.25) is 0 Å². The van der Waals surface area contributed by atoms with Gasteiger partial charge in [-0.15, -0.1) is 0 Å². The smallest absolute Gasteiger partial charge is 0.198 e. The number of hydrogen-bond donors (Lipinski definition) is 4. The standard InChI is InChI=1S/C26H28ClN7O3/c27-20-13-19(5-6-21(20)37-10-9-33-7-1-2-8-33)29-22-14-23(30-18-3-4-18)34-25(31-22)17(15-28-34)11-16-12-24(35)32-26(16)36/h5-6,11-15,18,29,32,35-36H,1-4,7-10H2. The number of hydrogen-bond acceptors (Lipinski definition) is 8. The molecule has 192 valence electrons. The number of anilines is 2. The van der Waals surface area contributed by atoms with Crippen LogP contribution in [0.15, 0.2) is 41.5 Å². The van der Waals surface area contributed by atoms with Gasteiger partial charge in [-0.05, 0) is 63.0 Å². The van der Waals surface area contributed by atoms with E-state index >= 15 is 0 Å². The fraction of sp³-hybridized carbons (Fsp3) is 0.346. The second-order valence-electron chi connectivity index (χ2n) is 9.47. The maximum absolute atomic E-state index is 10.0. The molecule has 37 heavy (non-hydrogen) atoms. The number of fused-ring (bicyclic) bond motifs is 1. The Balaban J connectivity index is 1.28. The minimum absolute atomic E-state index is 0.125. The van der Waals surface area contributed by atoms with Gasteiger partial charge >= 0.3 is 0 Å². The van der Waals surface area contributed by atoms with Crippen LogP contribution in [0.1, 0.15) is 31.2 Å². The molecule has 0 bridgehead atoms. The Morgan fingerprint density at radius 2 is 2.03 bits per heavy atom. The number of benzene rings is 1. The number of rotatable bonds is 8. The number of aromatic amines is 1. The van der Waals surface area contributed by atoms with Crippen molar-refractivity contribution < 1.29 is 14.9 Å². The summed E-state index contributed by atoms with van der Waals surface area (Å²) >= 11 is 6.53. The summed E-state index contributed by atoms with van der Waals surface area (Å²) in [6.07, 6.45) is 7.99. The van der Waals surface area contributed by atoms with Crippen LogP contribution in [0.4, 0.5) is 11.5 Å². The summed E-state index contributed by atoms with van der Waals surface area (Å²) in [5.41, 5.74) is 2.45. The van der Waals surface area contributed by atoms with E-state index in [1.54, 1.807) is 16.8 Å². The third kappa shape index (κ3) is 5.35. The Bertz CT molecular complexity index is 1550. The van der Waals surface area contributed by atoms with Gasteiger partial charge in [-0.25, -0.2) is 4.98 Å². The van der Waals surface area contributed by atoms with Gasteiger partial charge in [-0.1, -0.05) is 11.6 Å². The second-order valence-corrected chi connectivity index (χ2v) is 9.87. The first kappa shape index (κ1) is 23.6. The van der Waals surface area contributed by atoms with Crippen LogP contribution in [0.3, 0.4) is 0 Å². The van der Waals surface area contributed by atoms with Gasteiger partial charge in [0.15, 0.2) is 22.9 Å². The van der Waals surface area contributed by atoms with E-state index in [-0.39, 0.29) is 17.8 Å². The Kier molecular flexibility index (Phi) is 6.35. The summed E-state index contributed by atoms with van der Waals surface area (Å²) in [6, 6.07) is 9.17. The lowest BCUT2D eigenvalue weighted by molar-refractivity contribution is 0.238. The molecule has 0 unspecified atom stereocenters. The van der Waals surface area contributed by atoms with E-state index in [0.29, 0.717) is 45.1 Å². The molecule has 4 heterocycles. The zero-order chi connectivity index (χ0) is 25.4. The van der Waals surface area contributed by atoms with E-state index in [1.807, 2.05) is 24.3 Å².